The van der Waals surface area contributed by atoms with Crippen LogP contribution in [0.5, 0.6) is 0 Å². The normalized spacial score (nSPS) is 40.2. The zero-order valence-electron chi connectivity index (χ0n) is 7.59. The predicted molar refractivity (Wildman–Crippen MR) is 53.4 cm³/mol. The second-order valence-electron chi connectivity index (χ2n) is 4.29. The largest absolute Gasteiger partial charge is 0.396 e. The summed E-state index contributed by atoms with van der Waals surface area (Å²) in [4.78, 5) is 0. The molecule has 2 unspecified atom stereocenters. The van der Waals surface area contributed by atoms with Gasteiger partial charge in [-0.2, -0.15) is 11.8 Å². The summed E-state index contributed by atoms with van der Waals surface area (Å²) in [5, 5.41) is 8.72. The van der Waals surface area contributed by atoms with Crippen molar-refractivity contribution in [3.8, 4) is 0 Å². The van der Waals surface area contributed by atoms with Gasteiger partial charge in [0.1, 0.15) is 0 Å². The molecule has 0 bridgehead atoms. The topological polar surface area (TPSA) is 20.2 Å². The Morgan fingerprint density at radius 1 is 1.50 bits per heavy atom. The van der Waals surface area contributed by atoms with Crippen LogP contribution in [0.1, 0.15) is 32.1 Å². The summed E-state index contributed by atoms with van der Waals surface area (Å²) in [5.41, 5.74) is 0.748. The van der Waals surface area contributed by atoms with Gasteiger partial charge in [0.05, 0.1) is 0 Å². The molecule has 0 aromatic heterocycles. The van der Waals surface area contributed by atoms with Gasteiger partial charge in [0.25, 0.3) is 0 Å². The molecule has 0 aromatic rings. The van der Waals surface area contributed by atoms with Crippen molar-refractivity contribution in [1.82, 2.24) is 0 Å². The zero-order chi connectivity index (χ0) is 8.44. The number of thioether (sulfide) groups is 1. The van der Waals surface area contributed by atoms with E-state index in [1.807, 2.05) is 0 Å². The van der Waals surface area contributed by atoms with E-state index in [-0.39, 0.29) is 0 Å². The highest BCUT2D eigenvalue weighted by Gasteiger charge is 2.52. The lowest BCUT2D eigenvalue weighted by molar-refractivity contribution is 0.276. The SMILES string of the molecule is OCCCC1CC12CCCSC2. The van der Waals surface area contributed by atoms with Crippen molar-refractivity contribution in [2.75, 3.05) is 18.1 Å². The van der Waals surface area contributed by atoms with Crippen LogP contribution in [0.2, 0.25) is 0 Å². The molecule has 0 amide bonds. The number of aliphatic hydroxyl groups is 1. The third-order valence-electron chi connectivity index (χ3n) is 3.42. The molecule has 0 aromatic carbocycles. The van der Waals surface area contributed by atoms with Gasteiger partial charge in [-0.05, 0) is 54.9 Å². The second kappa shape index (κ2) is 3.59. The monoisotopic (exact) mass is 186 g/mol. The lowest BCUT2D eigenvalue weighted by Crippen LogP contribution is -2.13. The first-order chi connectivity index (χ1) is 5.87. The molecule has 70 valence electrons. The molecular formula is C10H18OS. The number of hydrogen-bond donors (Lipinski definition) is 1. The molecule has 2 fully saturated rings. The molecule has 1 nitrogen and oxygen atoms in total. The summed E-state index contributed by atoms with van der Waals surface area (Å²) in [6.45, 7) is 0.389. The highest BCUT2D eigenvalue weighted by Crippen LogP contribution is 2.61. The van der Waals surface area contributed by atoms with E-state index in [1.54, 1.807) is 0 Å². The van der Waals surface area contributed by atoms with E-state index in [1.165, 1.54) is 37.2 Å². The molecule has 1 aliphatic carbocycles. The fourth-order valence-corrected chi connectivity index (χ4v) is 3.93. The van der Waals surface area contributed by atoms with Gasteiger partial charge in [0.2, 0.25) is 0 Å². The molecule has 1 heterocycles. The van der Waals surface area contributed by atoms with Gasteiger partial charge in [0, 0.05) is 6.61 Å². The summed E-state index contributed by atoms with van der Waals surface area (Å²) in [6, 6.07) is 0. The lowest BCUT2D eigenvalue weighted by Gasteiger charge is -2.21. The maximum atomic E-state index is 8.72. The Morgan fingerprint density at radius 3 is 3.08 bits per heavy atom. The number of aliphatic hydroxyl groups excluding tert-OH is 1. The number of hydrogen-bond acceptors (Lipinski definition) is 2. The molecular weight excluding hydrogens is 168 g/mol. The Labute approximate surface area is 78.9 Å². The molecule has 1 aliphatic heterocycles. The Bertz CT molecular complexity index is 150. The van der Waals surface area contributed by atoms with E-state index >= 15 is 0 Å². The molecule has 12 heavy (non-hydrogen) atoms. The van der Waals surface area contributed by atoms with Crippen LogP contribution in [-0.2, 0) is 0 Å². The summed E-state index contributed by atoms with van der Waals surface area (Å²) < 4.78 is 0. The molecule has 1 spiro atoms. The van der Waals surface area contributed by atoms with Crippen molar-refractivity contribution in [1.29, 1.82) is 0 Å². The van der Waals surface area contributed by atoms with Gasteiger partial charge in [-0.15, -0.1) is 0 Å². The van der Waals surface area contributed by atoms with Crippen molar-refractivity contribution < 1.29 is 5.11 Å². The van der Waals surface area contributed by atoms with Gasteiger partial charge in [-0.1, -0.05) is 0 Å². The Morgan fingerprint density at radius 2 is 2.42 bits per heavy atom. The first kappa shape index (κ1) is 8.89. The Balaban J connectivity index is 1.75. The minimum atomic E-state index is 0.389. The standard InChI is InChI=1S/C10H18OS/c11-5-1-3-9-7-10(9)4-2-6-12-8-10/h9,11H,1-8H2. The van der Waals surface area contributed by atoms with E-state index in [0.29, 0.717) is 6.61 Å². The summed E-state index contributed by atoms with van der Waals surface area (Å²) in [5.74, 6) is 3.76. The van der Waals surface area contributed by atoms with E-state index in [0.717, 1.165) is 17.8 Å². The molecule has 1 N–H and O–H groups in total. The molecule has 2 aliphatic rings. The van der Waals surface area contributed by atoms with Gasteiger partial charge < -0.3 is 5.11 Å². The van der Waals surface area contributed by atoms with Crippen molar-refractivity contribution in [3.63, 3.8) is 0 Å². The second-order valence-corrected chi connectivity index (χ2v) is 5.39. The predicted octanol–water partition coefficient (Wildman–Crippen LogP) is 2.29. The van der Waals surface area contributed by atoms with Crippen molar-refractivity contribution >= 4 is 11.8 Å². The third-order valence-corrected chi connectivity index (χ3v) is 4.78. The fourth-order valence-electron chi connectivity index (χ4n) is 2.53. The van der Waals surface area contributed by atoms with Crippen LogP contribution in [0.4, 0.5) is 0 Å². The quantitative estimate of drug-likeness (QED) is 0.730. The van der Waals surface area contributed by atoms with Gasteiger partial charge in [0.15, 0.2) is 0 Å². The summed E-state index contributed by atoms with van der Waals surface area (Å²) in [7, 11) is 0. The van der Waals surface area contributed by atoms with Gasteiger partial charge in [-0.25, -0.2) is 0 Å². The number of rotatable bonds is 3. The Hall–Kier alpha value is 0.310. The smallest absolute Gasteiger partial charge is 0.0431 e. The molecule has 2 heteroatoms. The van der Waals surface area contributed by atoms with Crippen LogP contribution in [-0.4, -0.2) is 23.2 Å². The van der Waals surface area contributed by atoms with Crippen LogP contribution in [0.3, 0.4) is 0 Å². The highest BCUT2D eigenvalue weighted by atomic mass is 32.2. The van der Waals surface area contributed by atoms with E-state index in [4.69, 9.17) is 5.11 Å². The van der Waals surface area contributed by atoms with Crippen LogP contribution < -0.4 is 0 Å². The average molecular weight is 186 g/mol. The maximum absolute atomic E-state index is 8.72. The van der Waals surface area contributed by atoms with Gasteiger partial charge in [-0.3, -0.25) is 0 Å². The van der Waals surface area contributed by atoms with E-state index < -0.39 is 0 Å². The fraction of sp³-hybridized carbons (Fsp3) is 1.00. The van der Waals surface area contributed by atoms with Crippen LogP contribution in [0, 0.1) is 11.3 Å². The van der Waals surface area contributed by atoms with E-state index in [9.17, 15) is 0 Å². The highest BCUT2D eigenvalue weighted by molar-refractivity contribution is 7.99. The minimum Gasteiger partial charge on any atom is -0.396 e. The molecule has 2 rings (SSSR count). The summed E-state index contributed by atoms with van der Waals surface area (Å²) >= 11 is 2.14. The summed E-state index contributed by atoms with van der Waals surface area (Å²) in [6.07, 6.45) is 6.66. The van der Waals surface area contributed by atoms with E-state index in [2.05, 4.69) is 11.8 Å². The average Bonchev–Trinajstić information content (AvgIpc) is 2.77. The molecule has 0 radical (unpaired) electrons. The Kier molecular flexibility index (Phi) is 2.66. The van der Waals surface area contributed by atoms with Crippen molar-refractivity contribution in [3.05, 3.63) is 0 Å². The first-order valence-electron chi connectivity index (χ1n) is 5.06. The van der Waals surface area contributed by atoms with Crippen molar-refractivity contribution in [2.24, 2.45) is 11.3 Å². The van der Waals surface area contributed by atoms with Gasteiger partial charge >= 0.3 is 0 Å². The zero-order valence-corrected chi connectivity index (χ0v) is 8.41. The van der Waals surface area contributed by atoms with Crippen LogP contribution >= 0.6 is 11.8 Å². The lowest BCUT2D eigenvalue weighted by atomic mass is 9.97. The van der Waals surface area contributed by atoms with Crippen LogP contribution in [0.25, 0.3) is 0 Å². The van der Waals surface area contributed by atoms with Crippen LogP contribution in [0.15, 0.2) is 0 Å². The minimum absolute atomic E-state index is 0.389. The maximum Gasteiger partial charge on any atom is 0.0431 e. The molecule has 1 saturated heterocycles. The van der Waals surface area contributed by atoms with Crippen molar-refractivity contribution in [2.45, 2.75) is 32.1 Å². The third kappa shape index (κ3) is 1.64. The molecule has 2 atom stereocenters. The first-order valence-corrected chi connectivity index (χ1v) is 6.21. The molecule has 1 saturated carbocycles.